The van der Waals surface area contributed by atoms with Gasteiger partial charge in [-0.05, 0) is 54.6 Å². The number of anilines is 1. The number of nitrogens with zero attached hydrogens (tertiary/aromatic N) is 2. The second kappa shape index (κ2) is 13.3. The molecule has 0 unspecified atom stereocenters. The maximum absolute atomic E-state index is 13.5. The molecule has 0 heterocycles. The van der Waals surface area contributed by atoms with Gasteiger partial charge in [-0.15, -0.1) is 5.11 Å². The van der Waals surface area contributed by atoms with E-state index in [1.807, 2.05) is 0 Å². The van der Waals surface area contributed by atoms with Gasteiger partial charge in [0.25, 0.3) is 16.0 Å². The Morgan fingerprint density at radius 3 is 2.45 bits per heavy atom. The van der Waals surface area contributed by atoms with E-state index in [1.165, 1.54) is 18.2 Å². The molecule has 0 atom stereocenters. The van der Waals surface area contributed by atoms with Crippen LogP contribution in [0.5, 0.6) is 11.5 Å². The Labute approximate surface area is 263 Å². The van der Waals surface area contributed by atoms with Crippen LogP contribution >= 0.6 is 23.2 Å². The SMILES string of the molecule is CCOc1cc(Cl)ccc1NC(=O)c1cc2ccccc2c(N=Nc2ccc(Cl)c(CC)c2S(=O)(=O)O)c1[O-].[Na+]. The van der Waals surface area contributed by atoms with Gasteiger partial charge in [-0.1, -0.05) is 60.1 Å². The number of benzene rings is 4. The van der Waals surface area contributed by atoms with Crippen molar-refractivity contribution < 1.29 is 57.2 Å². The first kappa shape index (κ1) is 31.8. The molecule has 1 amide bonds. The number of halogens is 2. The van der Waals surface area contributed by atoms with E-state index in [9.17, 15) is 22.9 Å². The molecule has 40 heavy (non-hydrogen) atoms. The summed E-state index contributed by atoms with van der Waals surface area (Å²) in [6.07, 6.45) is 0.192. The Kier molecular flexibility index (Phi) is 10.6. The third-order valence-electron chi connectivity index (χ3n) is 5.76. The van der Waals surface area contributed by atoms with Crippen molar-refractivity contribution in [3.63, 3.8) is 0 Å². The van der Waals surface area contributed by atoms with Gasteiger partial charge in [0.15, 0.2) is 0 Å². The molecule has 9 nitrogen and oxygen atoms in total. The maximum Gasteiger partial charge on any atom is 1.00 e. The van der Waals surface area contributed by atoms with Crippen molar-refractivity contribution in [1.82, 2.24) is 0 Å². The van der Waals surface area contributed by atoms with Crippen LogP contribution < -0.4 is 44.7 Å². The van der Waals surface area contributed by atoms with Crippen molar-refractivity contribution in [2.75, 3.05) is 11.9 Å². The number of amides is 1. The molecule has 0 aliphatic rings. The fraction of sp³-hybridized carbons (Fsp3) is 0.148. The number of nitrogens with one attached hydrogen (secondary N) is 1. The molecule has 0 spiro atoms. The number of fused-ring (bicyclic) bond motifs is 1. The molecule has 202 valence electrons. The van der Waals surface area contributed by atoms with Crippen molar-refractivity contribution in [1.29, 1.82) is 0 Å². The van der Waals surface area contributed by atoms with Crippen molar-refractivity contribution in [3.05, 3.63) is 81.8 Å². The van der Waals surface area contributed by atoms with E-state index in [2.05, 4.69) is 15.5 Å². The van der Waals surface area contributed by atoms with Gasteiger partial charge < -0.3 is 15.2 Å². The zero-order valence-corrected chi connectivity index (χ0v) is 26.1. The van der Waals surface area contributed by atoms with E-state index in [0.29, 0.717) is 33.8 Å². The minimum atomic E-state index is -4.73. The van der Waals surface area contributed by atoms with Gasteiger partial charge in [-0.3, -0.25) is 9.35 Å². The predicted octanol–water partition coefficient (Wildman–Crippen LogP) is 4.10. The summed E-state index contributed by atoms with van der Waals surface area (Å²) in [7, 11) is -4.73. The van der Waals surface area contributed by atoms with Crippen LogP contribution in [0.25, 0.3) is 10.8 Å². The smallest absolute Gasteiger partial charge is 0.870 e. The van der Waals surface area contributed by atoms with Crippen molar-refractivity contribution in [2.45, 2.75) is 25.2 Å². The number of hydrogen-bond donors (Lipinski definition) is 2. The molecule has 13 heteroatoms. The summed E-state index contributed by atoms with van der Waals surface area (Å²) in [4.78, 5) is 12.8. The van der Waals surface area contributed by atoms with E-state index in [-0.39, 0.29) is 63.5 Å². The number of azo groups is 1. The van der Waals surface area contributed by atoms with Gasteiger partial charge in [-0.25, -0.2) is 0 Å². The molecule has 4 aromatic rings. The van der Waals surface area contributed by atoms with Gasteiger partial charge in [0, 0.05) is 27.1 Å². The first-order chi connectivity index (χ1) is 18.5. The Bertz CT molecular complexity index is 1730. The second-order valence-corrected chi connectivity index (χ2v) is 10.5. The quantitative estimate of drug-likeness (QED) is 0.175. The summed E-state index contributed by atoms with van der Waals surface area (Å²) < 4.78 is 39.7. The summed E-state index contributed by atoms with van der Waals surface area (Å²) in [5.41, 5.74) is -0.147. The average molecular weight is 610 g/mol. The molecular formula is C27H22Cl2N3NaO6S. The van der Waals surface area contributed by atoms with Crippen LogP contribution in [-0.2, 0) is 16.5 Å². The summed E-state index contributed by atoms with van der Waals surface area (Å²) in [6, 6.07) is 15.5. The molecular weight excluding hydrogens is 588 g/mol. The summed E-state index contributed by atoms with van der Waals surface area (Å²) in [5, 5.41) is 25.7. The van der Waals surface area contributed by atoms with Crippen LogP contribution in [0.1, 0.15) is 29.8 Å². The number of rotatable bonds is 8. The normalized spacial score (nSPS) is 11.4. The predicted molar refractivity (Wildman–Crippen MR) is 149 cm³/mol. The maximum atomic E-state index is 13.5. The van der Waals surface area contributed by atoms with Gasteiger partial charge in [-0.2, -0.15) is 13.5 Å². The van der Waals surface area contributed by atoms with Crippen LogP contribution in [-0.4, -0.2) is 25.5 Å². The van der Waals surface area contributed by atoms with Crippen LogP contribution in [0.4, 0.5) is 17.1 Å². The van der Waals surface area contributed by atoms with Crippen LogP contribution in [0.3, 0.4) is 0 Å². The first-order valence-corrected chi connectivity index (χ1v) is 13.9. The fourth-order valence-electron chi connectivity index (χ4n) is 4.03. The minimum Gasteiger partial charge on any atom is -0.870 e. The largest absolute Gasteiger partial charge is 1.00 e. The molecule has 0 bridgehead atoms. The van der Waals surface area contributed by atoms with Crippen molar-refractivity contribution >= 4 is 67.1 Å². The van der Waals surface area contributed by atoms with Crippen molar-refractivity contribution in [2.24, 2.45) is 10.2 Å². The van der Waals surface area contributed by atoms with Gasteiger partial charge in [0.1, 0.15) is 16.3 Å². The molecule has 2 N–H and O–H groups in total. The summed E-state index contributed by atoms with van der Waals surface area (Å²) in [5.74, 6) is -1.12. The van der Waals surface area contributed by atoms with Gasteiger partial charge in [0.2, 0.25) is 0 Å². The summed E-state index contributed by atoms with van der Waals surface area (Å²) in [6.45, 7) is 3.77. The molecule has 4 rings (SSSR count). The number of ether oxygens (including phenoxy) is 1. The van der Waals surface area contributed by atoms with E-state index in [0.717, 1.165) is 0 Å². The third-order valence-corrected chi connectivity index (χ3v) is 7.32. The Balaban J connectivity index is 0.00000441. The topological polar surface area (TPSA) is 140 Å². The number of hydrogen-bond acceptors (Lipinski definition) is 7. The average Bonchev–Trinajstić information content (AvgIpc) is 2.89. The Hall–Kier alpha value is -2.70. The van der Waals surface area contributed by atoms with Gasteiger partial charge >= 0.3 is 29.6 Å². The Morgan fingerprint density at radius 1 is 1.05 bits per heavy atom. The molecule has 0 aliphatic heterocycles. The standard InChI is InChI=1S/C27H23Cl2N3O6S.Na/c1-3-17-20(29)10-12-22(26(17)39(35,36)37)31-32-24-18-8-6-5-7-15(18)13-19(25(24)33)27(34)30-21-11-9-16(28)14-23(21)38-4-2;/h5-14,33H,3-4H2,1-2H3,(H,30,34)(H,35,36,37);/q;+1/p-1. The van der Waals surface area contributed by atoms with Crippen molar-refractivity contribution in [3.8, 4) is 11.5 Å². The van der Waals surface area contributed by atoms with E-state index in [4.69, 9.17) is 27.9 Å². The molecule has 0 fully saturated rings. The van der Waals surface area contributed by atoms with Crippen LogP contribution in [0.2, 0.25) is 10.0 Å². The molecule has 0 saturated carbocycles. The monoisotopic (exact) mass is 609 g/mol. The zero-order chi connectivity index (χ0) is 28.3. The van der Waals surface area contributed by atoms with Crippen LogP contribution in [0, 0.1) is 0 Å². The first-order valence-electron chi connectivity index (χ1n) is 11.7. The number of carbonyl (C=O) groups is 1. The second-order valence-electron chi connectivity index (χ2n) is 8.25. The fourth-order valence-corrected chi connectivity index (χ4v) is 5.48. The molecule has 0 aromatic heterocycles. The Morgan fingerprint density at radius 2 is 1.77 bits per heavy atom. The number of carbonyl (C=O) groups excluding carboxylic acids is 1. The third kappa shape index (κ3) is 6.77. The molecule has 4 aromatic carbocycles. The molecule has 0 aliphatic carbocycles. The molecule has 0 saturated heterocycles. The minimum absolute atomic E-state index is 0. The van der Waals surface area contributed by atoms with E-state index < -0.39 is 26.7 Å². The zero-order valence-electron chi connectivity index (χ0n) is 21.7. The van der Waals surface area contributed by atoms with Gasteiger partial charge in [0.05, 0.1) is 18.0 Å². The molecule has 0 radical (unpaired) electrons. The summed E-state index contributed by atoms with van der Waals surface area (Å²) >= 11 is 12.2. The van der Waals surface area contributed by atoms with E-state index >= 15 is 0 Å². The van der Waals surface area contributed by atoms with E-state index in [1.54, 1.807) is 56.3 Å². The van der Waals surface area contributed by atoms with Crippen LogP contribution in [0.15, 0.2) is 75.8 Å².